The number of alkyl halides is 2. The molecule has 1 aromatic carbocycles. The van der Waals surface area contributed by atoms with E-state index in [1.54, 1.807) is 16.9 Å². The monoisotopic (exact) mass is 817 g/mol. The van der Waals surface area contributed by atoms with Crippen LogP contribution < -0.4 is 25.4 Å². The maximum atomic E-state index is 13.8. The molecule has 0 spiro atoms. The van der Waals surface area contributed by atoms with Crippen LogP contribution in [-0.2, 0) is 15.0 Å². The van der Waals surface area contributed by atoms with Gasteiger partial charge in [0, 0.05) is 23.6 Å². The number of allylic oxidation sites excluding steroid dienone is 12. The number of benzene rings is 1. The van der Waals surface area contributed by atoms with Crippen LogP contribution in [0.5, 0.6) is 11.5 Å². The van der Waals surface area contributed by atoms with E-state index in [0.29, 0.717) is 18.4 Å². The van der Waals surface area contributed by atoms with Crippen LogP contribution in [0.25, 0.3) is 0 Å². The second-order valence-electron chi connectivity index (χ2n) is 14.2. The number of unbranched alkanes of at least 4 members (excludes halogenated alkanes) is 1. The minimum atomic E-state index is -3.77. The molecule has 9 nitrogen and oxygen atoms in total. The van der Waals surface area contributed by atoms with Gasteiger partial charge in [0.15, 0.2) is 11.5 Å². The van der Waals surface area contributed by atoms with Crippen molar-refractivity contribution in [2.24, 2.45) is 0 Å². The maximum absolute atomic E-state index is 13.8. The summed E-state index contributed by atoms with van der Waals surface area (Å²) in [5, 5.41) is 28.1. The van der Waals surface area contributed by atoms with Crippen LogP contribution in [-0.4, -0.2) is 77.2 Å². The number of nitrogens with one attached hydrogen (secondary N) is 3. The zero-order valence-corrected chi connectivity index (χ0v) is 34.7. The van der Waals surface area contributed by atoms with Crippen molar-refractivity contribution in [2.45, 2.75) is 114 Å². The summed E-state index contributed by atoms with van der Waals surface area (Å²) in [7, 11) is 3.06. The van der Waals surface area contributed by atoms with Crippen LogP contribution in [0.3, 0.4) is 0 Å². The Morgan fingerprint density at radius 3 is 2.02 bits per heavy atom. The van der Waals surface area contributed by atoms with Crippen molar-refractivity contribution in [2.75, 3.05) is 32.0 Å². The Morgan fingerprint density at radius 2 is 1.45 bits per heavy atom. The second-order valence-corrected chi connectivity index (χ2v) is 17.3. The lowest BCUT2D eigenvalue weighted by molar-refractivity contribution is -0.286. The third-order valence-corrected chi connectivity index (χ3v) is 12.3. The van der Waals surface area contributed by atoms with Crippen molar-refractivity contribution >= 4 is 33.4 Å². The highest BCUT2D eigenvalue weighted by atomic mass is 33.1. The molecule has 0 radical (unpaired) electrons. The lowest BCUT2D eigenvalue weighted by atomic mass is 9.93. The first-order chi connectivity index (χ1) is 26.9. The highest BCUT2D eigenvalue weighted by Crippen LogP contribution is 2.52. The summed E-state index contributed by atoms with van der Waals surface area (Å²) >= 11 is 0. The van der Waals surface area contributed by atoms with E-state index in [1.807, 2.05) is 13.8 Å². The van der Waals surface area contributed by atoms with Crippen molar-refractivity contribution in [1.29, 1.82) is 0 Å². The first kappa shape index (κ1) is 47.0. The van der Waals surface area contributed by atoms with Crippen molar-refractivity contribution in [3.05, 3.63) is 96.7 Å². The Hall–Kier alpha value is -3.36. The molecule has 1 heterocycles. The van der Waals surface area contributed by atoms with Crippen molar-refractivity contribution < 1.29 is 38.1 Å². The normalized spacial score (nSPS) is 17.3. The largest absolute Gasteiger partial charge is 0.586 e. The molecule has 1 saturated carbocycles. The molecule has 3 rings (SSSR count). The van der Waals surface area contributed by atoms with Crippen LogP contribution in [0.1, 0.15) is 90.5 Å². The van der Waals surface area contributed by atoms with E-state index in [-0.39, 0.29) is 18.0 Å². The van der Waals surface area contributed by atoms with Crippen LogP contribution in [0.15, 0.2) is 91.1 Å². The fraction of sp³-hybridized carbons (Fsp3) is 0.535. The second kappa shape index (κ2) is 25.1. The first-order valence-corrected chi connectivity index (χ1v) is 21.9. The van der Waals surface area contributed by atoms with Crippen molar-refractivity contribution in [3.63, 3.8) is 0 Å². The van der Waals surface area contributed by atoms with Gasteiger partial charge >= 0.3 is 6.29 Å². The summed E-state index contributed by atoms with van der Waals surface area (Å²) in [6.07, 6.45) is 30.3. The third kappa shape index (κ3) is 17.0. The lowest BCUT2D eigenvalue weighted by Crippen LogP contribution is -2.58. The lowest BCUT2D eigenvalue weighted by Gasteiger charge is -2.34. The number of aliphatic hydroxyl groups excluding tert-OH is 2. The summed E-state index contributed by atoms with van der Waals surface area (Å²) in [6.45, 7) is 6.82. The average molecular weight is 818 g/mol. The zero-order valence-electron chi connectivity index (χ0n) is 33.0. The number of fused-ring (bicyclic) bond motifs is 1. The number of hydrogen-bond donors (Lipinski definition) is 5. The molecule has 0 unspecified atom stereocenters. The van der Waals surface area contributed by atoms with E-state index in [1.165, 1.54) is 22.9 Å². The standard InChI is InChI=1S/C43H61F2N3O6S2/c1-4-5-6-7-8-9-10-11-12-13-14-15-16-17-18-19-20-21-22-23-28-46-29-30-55-56-41(2,3)38(39(51)47-32-35(50)33-49)48-40(52)42(26-27-42)34-24-25-36-37(31-34)54-43(44,45)53-36/h5-6,8-9,11-12,14-15,17-18,20-21,24-25,31,35,38,46,49-50H,4,7,10,13,16,19,22-23,26-30,32-33H2,1-3H3,(H,47,51)(H,48,52)/b6-5-,9-8-,12-11-,15-14-,18-17-,21-20-/t35-,38-/m1/s1. The summed E-state index contributed by atoms with van der Waals surface area (Å²) in [5.74, 6) is -0.390. The highest BCUT2D eigenvalue weighted by Gasteiger charge is 2.54. The molecule has 0 saturated heterocycles. The van der Waals surface area contributed by atoms with Gasteiger partial charge in [0.2, 0.25) is 11.8 Å². The van der Waals surface area contributed by atoms with Gasteiger partial charge in [-0.2, -0.15) is 0 Å². The Bertz CT molecular complexity index is 1540. The number of carbonyl (C=O) groups excluding carboxylic acids is 2. The Labute approximate surface area is 340 Å². The number of halogens is 2. The van der Waals surface area contributed by atoms with Crippen molar-refractivity contribution in [3.8, 4) is 11.5 Å². The van der Waals surface area contributed by atoms with Gasteiger partial charge in [-0.15, -0.1) is 8.78 Å². The zero-order chi connectivity index (χ0) is 40.7. The quantitative estimate of drug-likeness (QED) is 0.0323. The predicted molar refractivity (Wildman–Crippen MR) is 226 cm³/mol. The molecule has 1 aliphatic carbocycles. The number of aliphatic hydroxyl groups is 2. The summed E-state index contributed by atoms with van der Waals surface area (Å²) in [4.78, 5) is 27.2. The van der Waals surface area contributed by atoms with E-state index >= 15 is 0 Å². The number of amides is 2. The Balaban J connectivity index is 1.33. The molecule has 1 aromatic rings. The van der Waals surface area contributed by atoms with Crippen LogP contribution in [0.2, 0.25) is 0 Å². The van der Waals surface area contributed by atoms with Gasteiger partial charge in [0.1, 0.15) is 6.04 Å². The molecule has 1 fully saturated rings. The number of rotatable bonds is 28. The topological polar surface area (TPSA) is 129 Å². The summed E-state index contributed by atoms with van der Waals surface area (Å²) < 4.78 is 35.6. The van der Waals surface area contributed by atoms with Crippen LogP contribution in [0.4, 0.5) is 8.78 Å². The molecule has 310 valence electrons. The Kier molecular flexibility index (Phi) is 21.1. The van der Waals surface area contributed by atoms with Crippen molar-refractivity contribution in [1.82, 2.24) is 16.0 Å². The van der Waals surface area contributed by atoms with Gasteiger partial charge in [0.25, 0.3) is 0 Å². The van der Waals surface area contributed by atoms with E-state index in [2.05, 4.69) is 105 Å². The van der Waals surface area contributed by atoms with E-state index in [0.717, 1.165) is 70.2 Å². The molecule has 56 heavy (non-hydrogen) atoms. The van der Waals surface area contributed by atoms with Gasteiger partial charge in [-0.1, -0.05) is 107 Å². The number of hydrogen-bond acceptors (Lipinski definition) is 9. The minimum Gasteiger partial charge on any atom is -0.395 e. The molecule has 5 N–H and O–H groups in total. The van der Waals surface area contributed by atoms with Crippen LogP contribution >= 0.6 is 21.6 Å². The SMILES string of the molecule is CC/C=C\C/C=C\C/C=C\C/C=C\C/C=C\C/C=C\CCCNCCSSC(C)(C)[C@H](NC(=O)C1(c2ccc3c(c2)OC(F)(F)O3)CC1)C(=O)NC[C@@H](O)CO. The molecule has 2 atom stereocenters. The van der Waals surface area contributed by atoms with Crippen LogP contribution in [0, 0.1) is 0 Å². The third-order valence-electron chi connectivity index (χ3n) is 9.05. The molecule has 0 aromatic heterocycles. The summed E-state index contributed by atoms with van der Waals surface area (Å²) in [5.41, 5.74) is -0.501. The van der Waals surface area contributed by atoms with E-state index < -0.39 is 47.0 Å². The molecular weight excluding hydrogens is 757 g/mol. The minimum absolute atomic E-state index is 0.108. The fourth-order valence-electron chi connectivity index (χ4n) is 5.69. The predicted octanol–water partition coefficient (Wildman–Crippen LogP) is 8.22. The molecule has 2 amide bonds. The van der Waals surface area contributed by atoms with E-state index in [9.17, 15) is 28.6 Å². The van der Waals surface area contributed by atoms with Gasteiger partial charge < -0.3 is 35.6 Å². The molecule has 1 aliphatic heterocycles. The highest BCUT2D eigenvalue weighted by molar-refractivity contribution is 8.77. The fourth-order valence-corrected chi connectivity index (χ4v) is 8.27. The maximum Gasteiger partial charge on any atom is 0.586 e. The Morgan fingerprint density at radius 1 is 0.875 bits per heavy atom. The average Bonchev–Trinajstić information content (AvgIpc) is 3.92. The molecule has 0 bridgehead atoms. The van der Waals surface area contributed by atoms with Gasteiger partial charge in [0.05, 0.1) is 18.1 Å². The van der Waals surface area contributed by atoms with Gasteiger partial charge in [-0.25, -0.2) is 0 Å². The molecule has 2 aliphatic rings. The number of ether oxygens (including phenoxy) is 2. The van der Waals surface area contributed by atoms with Gasteiger partial charge in [-0.05, 0) is 102 Å². The van der Waals surface area contributed by atoms with E-state index in [4.69, 9.17) is 0 Å². The van der Waals surface area contributed by atoms with Gasteiger partial charge in [-0.3, -0.25) is 9.59 Å². The smallest absolute Gasteiger partial charge is 0.395 e. The number of carbonyl (C=O) groups is 2. The first-order valence-electron chi connectivity index (χ1n) is 19.6. The molecule has 13 heteroatoms. The molecular formula is C43H61F2N3O6S2. The summed E-state index contributed by atoms with van der Waals surface area (Å²) in [6, 6.07) is 3.32.